The zero-order valence-corrected chi connectivity index (χ0v) is 8.16. The van der Waals surface area contributed by atoms with E-state index in [1.165, 1.54) is 19.3 Å². The highest BCUT2D eigenvalue weighted by Gasteiger charge is 2.16. The number of rotatable bonds is 1. The summed E-state index contributed by atoms with van der Waals surface area (Å²) < 4.78 is 0. The van der Waals surface area contributed by atoms with Crippen LogP contribution in [0.5, 0.6) is 0 Å². The third kappa shape index (κ3) is 1.67. The van der Waals surface area contributed by atoms with E-state index in [0.717, 1.165) is 0 Å². The molecule has 0 bridgehead atoms. The Bertz CT molecular complexity index is 310. The van der Waals surface area contributed by atoms with E-state index in [9.17, 15) is 0 Å². The van der Waals surface area contributed by atoms with Crippen molar-refractivity contribution in [3.05, 3.63) is 47.5 Å². The molecule has 0 amide bonds. The molecule has 0 aliphatic heterocycles. The van der Waals surface area contributed by atoms with Gasteiger partial charge in [-0.2, -0.15) is 0 Å². The standard InChI is InChI=1S/C13H16/c1-2-6-11-8-5-9-12-7-3-4-10-13(11)12/h2-4,6-7,10-11H,5,8-9H2,1H3/b6-2+. The molecule has 0 saturated heterocycles. The van der Waals surface area contributed by atoms with Gasteiger partial charge >= 0.3 is 0 Å². The number of hydrogen-bond acceptors (Lipinski definition) is 0. The Morgan fingerprint density at radius 1 is 1.31 bits per heavy atom. The first-order valence-corrected chi connectivity index (χ1v) is 5.12. The Balaban J connectivity index is 2.36. The lowest BCUT2D eigenvalue weighted by Gasteiger charge is -2.22. The number of allylic oxidation sites excluding steroid dienone is 2. The first kappa shape index (κ1) is 8.55. The third-order valence-electron chi connectivity index (χ3n) is 2.84. The lowest BCUT2D eigenvalue weighted by Crippen LogP contribution is -2.07. The fourth-order valence-electron chi connectivity index (χ4n) is 2.22. The molecule has 0 spiro atoms. The van der Waals surface area contributed by atoms with Crippen LogP contribution in [-0.2, 0) is 6.42 Å². The molecule has 68 valence electrons. The lowest BCUT2D eigenvalue weighted by molar-refractivity contribution is 0.628. The maximum atomic E-state index is 2.33. The minimum absolute atomic E-state index is 0.676. The second-order valence-electron chi connectivity index (χ2n) is 3.72. The summed E-state index contributed by atoms with van der Waals surface area (Å²) in [5, 5.41) is 0. The molecule has 0 heterocycles. The Hall–Kier alpha value is -1.04. The van der Waals surface area contributed by atoms with Crippen molar-refractivity contribution < 1.29 is 0 Å². The van der Waals surface area contributed by atoms with Gasteiger partial charge in [-0.05, 0) is 37.3 Å². The van der Waals surface area contributed by atoms with Crippen LogP contribution in [0.15, 0.2) is 36.4 Å². The molecule has 0 radical (unpaired) electrons. The SMILES string of the molecule is C/C=C/C1CCCc2ccccc21. The van der Waals surface area contributed by atoms with Gasteiger partial charge in [-0.25, -0.2) is 0 Å². The summed E-state index contributed by atoms with van der Waals surface area (Å²) in [4.78, 5) is 0. The highest BCUT2D eigenvalue weighted by atomic mass is 14.2. The van der Waals surface area contributed by atoms with Gasteiger partial charge in [0, 0.05) is 5.92 Å². The molecule has 1 unspecified atom stereocenters. The van der Waals surface area contributed by atoms with Gasteiger partial charge in [0.15, 0.2) is 0 Å². The smallest absolute Gasteiger partial charge is 0.00207 e. The monoisotopic (exact) mass is 172 g/mol. The number of aryl methyl sites for hydroxylation is 1. The maximum Gasteiger partial charge on any atom is 0.00207 e. The topological polar surface area (TPSA) is 0 Å². The Morgan fingerprint density at radius 2 is 2.15 bits per heavy atom. The minimum atomic E-state index is 0.676. The van der Waals surface area contributed by atoms with Crippen LogP contribution in [0, 0.1) is 0 Å². The molecule has 1 atom stereocenters. The van der Waals surface area contributed by atoms with E-state index in [0.29, 0.717) is 5.92 Å². The zero-order valence-electron chi connectivity index (χ0n) is 8.16. The average molecular weight is 172 g/mol. The van der Waals surface area contributed by atoms with Crippen molar-refractivity contribution in [2.75, 3.05) is 0 Å². The molecule has 0 N–H and O–H groups in total. The van der Waals surface area contributed by atoms with E-state index >= 15 is 0 Å². The van der Waals surface area contributed by atoms with E-state index in [-0.39, 0.29) is 0 Å². The number of fused-ring (bicyclic) bond motifs is 1. The van der Waals surface area contributed by atoms with Crippen molar-refractivity contribution in [3.63, 3.8) is 0 Å². The summed E-state index contributed by atoms with van der Waals surface area (Å²) in [6.45, 7) is 2.11. The van der Waals surface area contributed by atoms with Crippen LogP contribution >= 0.6 is 0 Å². The normalized spacial score (nSPS) is 21.8. The van der Waals surface area contributed by atoms with Gasteiger partial charge < -0.3 is 0 Å². The van der Waals surface area contributed by atoms with Gasteiger partial charge in [0.2, 0.25) is 0 Å². The molecule has 1 aromatic carbocycles. The summed E-state index contributed by atoms with van der Waals surface area (Å²) in [7, 11) is 0. The Kier molecular flexibility index (Phi) is 2.49. The van der Waals surface area contributed by atoms with Crippen LogP contribution in [0.4, 0.5) is 0 Å². The van der Waals surface area contributed by atoms with Crippen molar-refractivity contribution >= 4 is 0 Å². The molecule has 0 aromatic heterocycles. The second-order valence-corrected chi connectivity index (χ2v) is 3.72. The number of benzene rings is 1. The van der Waals surface area contributed by atoms with Crippen LogP contribution in [0.25, 0.3) is 0 Å². The fourth-order valence-corrected chi connectivity index (χ4v) is 2.22. The summed E-state index contributed by atoms with van der Waals surface area (Å²) in [5.41, 5.74) is 3.10. The van der Waals surface area contributed by atoms with E-state index in [2.05, 4.69) is 43.3 Å². The van der Waals surface area contributed by atoms with Crippen LogP contribution in [-0.4, -0.2) is 0 Å². The third-order valence-corrected chi connectivity index (χ3v) is 2.84. The largest absolute Gasteiger partial charge is 0.0910 e. The van der Waals surface area contributed by atoms with Crippen molar-refractivity contribution in [1.82, 2.24) is 0 Å². The van der Waals surface area contributed by atoms with Crippen LogP contribution < -0.4 is 0 Å². The molecule has 0 heteroatoms. The highest BCUT2D eigenvalue weighted by Crippen LogP contribution is 2.32. The molecule has 0 fully saturated rings. The average Bonchev–Trinajstić information content (AvgIpc) is 2.19. The maximum absolute atomic E-state index is 2.33. The molecular formula is C13H16. The van der Waals surface area contributed by atoms with E-state index < -0.39 is 0 Å². The van der Waals surface area contributed by atoms with Crippen molar-refractivity contribution in [2.45, 2.75) is 32.1 Å². The molecule has 2 rings (SSSR count). The van der Waals surface area contributed by atoms with Crippen LogP contribution in [0.3, 0.4) is 0 Å². The molecule has 0 nitrogen and oxygen atoms in total. The highest BCUT2D eigenvalue weighted by molar-refractivity contribution is 5.35. The zero-order chi connectivity index (χ0) is 9.10. The molecule has 0 saturated carbocycles. The summed E-state index contributed by atoms with van der Waals surface area (Å²) in [5.74, 6) is 0.676. The summed E-state index contributed by atoms with van der Waals surface area (Å²) >= 11 is 0. The van der Waals surface area contributed by atoms with E-state index in [1.807, 2.05) is 0 Å². The predicted molar refractivity (Wildman–Crippen MR) is 56.9 cm³/mol. The second kappa shape index (κ2) is 3.78. The van der Waals surface area contributed by atoms with Gasteiger partial charge in [0.25, 0.3) is 0 Å². The predicted octanol–water partition coefficient (Wildman–Crippen LogP) is 3.68. The molecular weight excluding hydrogens is 156 g/mol. The Morgan fingerprint density at radius 3 is 3.00 bits per heavy atom. The van der Waals surface area contributed by atoms with Gasteiger partial charge in [-0.3, -0.25) is 0 Å². The van der Waals surface area contributed by atoms with Crippen LogP contribution in [0.2, 0.25) is 0 Å². The van der Waals surface area contributed by atoms with Gasteiger partial charge in [0.05, 0.1) is 0 Å². The molecule has 1 aromatic rings. The summed E-state index contributed by atoms with van der Waals surface area (Å²) in [6, 6.07) is 8.85. The number of hydrogen-bond donors (Lipinski definition) is 0. The summed E-state index contributed by atoms with van der Waals surface area (Å²) in [6.07, 6.45) is 8.43. The lowest BCUT2D eigenvalue weighted by atomic mass is 9.83. The van der Waals surface area contributed by atoms with Gasteiger partial charge in [-0.1, -0.05) is 36.4 Å². The first-order valence-electron chi connectivity index (χ1n) is 5.12. The van der Waals surface area contributed by atoms with Gasteiger partial charge in [0.1, 0.15) is 0 Å². The van der Waals surface area contributed by atoms with E-state index in [4.69, 9.17) is 0 Å². The minimum Gasteiger partial charge on any atom is -0.0910 e. The van der Waals surface area contributed by atoms with Gasteiger partial charge in [-0.15, -0.1) is 0 Å². The quantitative estimate of drug-likeness (QED) is 0.567. The van der Waals surface area contributed by atoms with E-state index in [1.54, 1.807) is 11.1 Å². The first-order chi connectivity index (χ1) is 6.42. The molecule has 1 aliphatic rings. The van der Waals surface area contributed by atoms with Crippen molar-refractivity contribution in [1.29, 1.82) is 0 Å². The van der Waals surface area contributed by atoms with Crippen molar-refractivity contribution in [3.8, 4) is 0 Å². The Labute approximate surface area is 80.3 Å². The molecule has 1 aliphatic carbocycles. The van der Waals surface area contributed by atoms with Crippen molar-refractivity contribution in [2.24, 2.45) is 0 Å². The van der Waals surface area contributed by atoms with Crippen LogP contribution in [0.1, 0.15) is 36.8 Å². The fraction of sp³-hybridized carbons (Fsp3) is 0.385. The molecule has 13 heavy (non-hydrogen) atoms.